The number of benzene rings is 1. The molecule has 1 aliphatic carbocycles. The van der Waals surface area contributed by atoms with Crippen molar-refractivity contribution < 1.29 is 28.2 Å². The molecule has 7 nitrogen and oxygen atoms in total. The third-order valence-corrected chi connectivity index (χ3v) is 5.64. The van der Waals surface area contributed by atoms with Gasteiger partial charge in [-0.05, 0) is 35.6 Å². The second-order valence-corrected chi connectivity index (χ2v) is 8.26. The highest BCUT2D eigenvalue weighted by Crippen LogP contribution is 2.46. The standard InChI is InChI=1S/C24H25FN2O5/c1-4-10-26-19(28)12-31-18-9-8-14(11-17(18)25)15-6-5-7-16-20(15)23-27(22(16)29)21(13(2)3)24(30)32-23/h5-9,11,13,16,21H,4,10,12H2,1-3H3,(H,26,28). The van der Waals surface area contributed by atoms with Gasteiger partial charge in [0.05, 0.1) is 5.92 Å². The van der Waals surface area contributed by atoms with Gasteiger partial charge in [0, 0.05) is 12.1 Å². The van der Waals surface area contributed by atoms with Gasteiger partial charge < -0.3 is 14.8 Å². The molecule has 32 heavy (non-hydrogen) atoms. The van der Waals surface area contributed by atoms with E-state index >= 15 is 0 Å². The van der Waals surface area contributed by atoms with Crippen LogP contribution >= 0.6 is 0 Å². The van der Waals surface area contributed by atoms with Crippen LogP contribution in [0, 0.1) is 17.7 Å². The number of nitrogens with one attached hydrogen (secondary N) is 1. The van der Waals surface area contributed by atoms with E-state index < -0.39 is 23.7 Å². The van der Waals surface area contributed by atoms with Crippen LogP contribution in [-0.2, 0) is 19.1 Å². The average Bonchev–Trinajstić information content (AvgIpc) is 3.24. The second kappa shape index (κ2) is 8.61. The topological polar surface area (TPSA) is 84.9 Å². The van der Waals surface area contributed by atoms with Gasteiger partial charge >= 0.3 is 5.97 Å². The van der Waals surface area contributed by atoms with Gasteiger partial charge in [0.1, 0.15) is 6.04 Å². The maximum Gasteiger partial charge on any atom is 0.336 e. The molecule has 0 aromatic heterocycles. The van der Waals surface area contributed by atoms with E-state index in [-0.39, 0.29) is 36.0 Å². The van der Waals surface area contributed by atoms with E-state index in [0.717, 1.165) is 6.42 Å². The van der Waals surface area contributed by atoms with Crippen molar-refractivity contribution in [1.82, 2.24) is 10.2 Å². The molecule has 2 amide bonds. The first-order valence-corrected chi connectivity index (χ1v) is 10.7. The molecule has 2 atom stereocenters. The predicted molar refractivity (Wildman–Crippen MR) is 114 cm³/mol. The summed E-state index contributed by atoms with van der Waals surface area (Å²) >= 11 is 0. The molecule has 0 bridgehead atoms. The maximum absolute atomic E-state index is 14.7. The fraction of sp³-hybridized carbons (Fsp3) is 0.375. The van der Waals surface area contributed by atoms with E-state index in [4.69, 9.17) is 9.47 Å². The monoisotopic (exact) mass is 440 g/mol. The molecular weight excluding hydrogens is 415 g/mol. The average molecular weight is 440 g/mol. The number of hydrogen-bond acceptors (Lipinski definition) is 5. The molecule has 2 unspecified atom stereocenters. The number of rotatable bonds is 7. The highest BCUT2D eigenvalue weighted by molar-refractivity contribution is 6.02. The second-order valence-electron chi connectivity index (χ2n) is 8.26. The number of nitrogens with zero attached hydrogens (tertiary/aromatic N) is 1. The summed E-state index contributed by atoms with van der Waals surface area (Å²) in [6, 6.07) is 3.72. The molecule has 1 fully saturated rings. The quantitative estimate of drug-likeness (QED) is 0.659. The molecule has 0 spiro atoms. The SMILES string of the molecule is CCCNC(=O)COc1ccc(C2=CC=CC3C(=O)N4C(=C23)OC(=O)C4C(C)C)cc1F. The maximum atomic E-state index is 14.7. The van der Waals surface area contributed by atoms with Crippen LogP contribution in [0.4, 0.5) is 4.39 Å². The predicted octanol–water partition coefficient (Wildman–Crippen LogP) is 2.94. The Morgan fingerprint density at radius 2 is 2.09 bits per heavy atom. The summed E-state index contributed by atoms with van der Waals surface area (Å²) < 4.78 is 25.6. The number of esters is 1. The molecule has 1 saturated heterocycles. The fourth-order valence-electron chi connectivity index (χ4n) is 4.14. The number of fused-ring (bicyclic) bond motifs is 2. The van der Waals surface area contributed by atoms with Crippen molar-refractivity contribution in [2.24, 2.45) is 11.8 Å². The smallest absolute Gasteiger partial charge is 0.336 e. The minimum atomic E-state index is -0.670. The lowest BCUT2D eigenvalue weighted by molar-refractivity contribution is -0.140. The van der Waals surface area contributed by atoms with Crippen LogP contribution in [0.2, 0.25) is 0 Å². The van der Waals surface area contributed by atoms with Crippen molar-refractivity contribution in [2.75, 3.05) is 13.2 Å². The number of ether oxygens (including phenoxy) is 2. The van der Waals surface area contributed by atoms with Gasteiger partial charge in [-0.2, -0.15) is 0 Å². The van der Waals surface area contributed by atoms with Crippen LogP contribution in [0.15, 0.2) is 47.9 Å². The minimum absolute atomic E-state index is 0.0437. The Bertz CT molecular complexity index is 1070. The third kappa shape index (κ3) is 3.70. The van der Waals surface area contributed by atoms with Gasteiger partial charge in [-0.25, -0.2) is 9.18 Å². The van der Waals surface area contributed by atoms with Crippen molar-refractivity contribution in [3.05, 3.63) is 59.3 Å². The lowest BCUT2D eigenvalue weighted by Gasteiger charge is -2.21. The van der Waals surface area contributed by atoms with Crippen molar-refractivity contribution in [3.8, 4) is 5.75 Å². The van der Waals surface area contributed by atoms with Crippen LogP contribution in [0.1, 0.15) is 32.8 Å². The van der Waals surface area contributed by atoms with Crippen molar-refractivity contribution in [3.63, 3.8) is 0 Å². The molecule has 0 radical (unpaired) electrons. The number of halogens is 1. The van der Waals surface area contributed by atoms with Crippen LogP contribution in [-0.4, -0.2) is 41.9 Å². The van der Waals surface area contributed by atoms with E-state index in [1.54, 1.807) is 24.3 Å². The largest absolute Gasteiger partial charge is 0.481 e. The summed E-state index contributed by atoms with van der Waals surface area (Å²) in [6.45, 7) is 5.90. The van der Waals surface area contributed by atoms with Gasteiger partial charge in [-0.3, -0.25) is 14.5 Å². The first-order valence-electron chi connectivity index (χ1n) is 10.7. The lowest BCUT2D eigenvalue weighted by Crippen LogP contribution is -2.40. The summed E-state index contributed by atoms with van der Waals surface area (Å²) in [5, 5.41) is 2.66. The van der Waals surface area contributed by atoms with Crippen LogP contribution < -0.4 is 10.1 Å². The summed E-state index contributed by atoms with van der Waals surface area (Å²) in [6.07, 6.45) is 6.06. The summed E-state index contributed by atoms with van der Waals surface area (Å²) in [7, 11) is 0. The van der Waals surface area contributed by atoms with Gasteiger partial charge in [-0.15, -0.1) is 0 Å². The van der Waals surface area contributed by atoms with E-state index in [1.807, 2.05) is 20.8 Å². The molecule has 0 saturated carbocycles. The highest BCUT2D eigenvalue weighted by Gasteiger charge is 2.53. The Balaban J connectivity index is 1.61. The van der Waals surface area contributed by atoms with E-state index in [2.05, 4.69) is 5.32 Å². The number of amides is 2. The molecule has 8 heteroatoms. The van der Waals surface area contributed by atoms with Gasteiger partial charge in [0.15, 0.2) is 18.2 Å². The Hall–Kier alpha value is -3.42. The summed E-state index contributed by atoms with van der Waals surface area (Å²) in [4.78, 5) is 38.6. The zero-order valence-electron chi connectivity index (χ0n) is 18.2. The molecule has 168 valence electrons. The number of hydrogen-bond donors (Lipinski definition) is 1. The molecular formula is C24H25FN2O5. The van der Waals surface area contributed by atoms with Gasteiger partial charge in [-0.1, -0.05) is 45.1 Å². The van der Waals surface area contributed by atoms with Crippen molar-refractivity contribution in [1.29, 1.82) is 0 Å². The molecule has 3 aliphatic rings. The number of carbonyl (C=O) groups is 3. The first-order chi connectivity index (χ1) is 15.3. The van der Waals surface area contributed by atoms with Crippen LogP contribution in [0.3, 0.4) is 0 Å². The molecule has 1 N–H and O–H groups in total. The van der Waals surface area contributed by atoms with E-state index in [9.17, 15) is 18.8 Å². The van der Waals surface area contributed by atoms with Gasteiger partial charge in [0.2, 0.25) is 11.8 Å². The van der Waals surface area contributed by atoms with E-state index in [0.29, 0.717) is 23.3 Å². The normalized spacial score (nSPS) is 21.5. The molecule has 1 aromatic carbocycles. The minimum Gasteiger partial charge on any atom is -0.481 e. The number of allylic oxidation sites excluding steroid dienone is 3. The Morgan fingerprint density at radius 3 is 2.78 bits per heavy atom. The Morgan fingerprint density at radius 1 is 1.31 bits per heavy atom. The molecule has 2 aliphatic heterocycles. The highest BCUT2D eigenvalue weighted by atomic mass is 19.1. The molecule has 1 aromatic rings. The number of carbonyl (C=O) groups excluding carboxylic acids is 3. The lowest BCUT2D eigenvalue weighted by atomic mass is 9.86. The summed E-state index contributed by atoms with van der Waals surface area (Å²) in [5.74, 6) is -2.14. The zero-order valence-corrected chi connectivity index (χ0v) is 18.2. The van der Waals surface area contributed by atoms with E-state index in [1.165, 1.54) is 17.0 Å². The molecule has 4 rings (SSSR count). The van der Waals surface area contributed by atoms with Gasteiger partial charge in [0.25, 0.3) is 5.91 Å². The Kier molecular flexibility index (Phi) is 5.86. The summed E-state index contributed by atoms with van der Waals surface area (Å²) in [5.41, 5.74) is 1.67. The molecule has 2 heterocycles. The third-order valence-electron chi connectivity index (χ3n) is 5.64. The fourth-order valence-corrected chi connectivity index (χ4v) is 4.14. The van der Waals surface area contributed by atoms with Crippen LogP contribution in [0.5, 0.6) is 5.75 Å². The van der Waals surface area contributed by atoms with Crippen molar-refractivity contribution in [2.45, 2.75) is 33.2 Å². The zero-order chi connectivity index (χ0) is 23.0. The first kappa shape index (κ1) is 21.8. The van der Waals surface area contributed by atoms with Crippen molar-refractivity contribution >= 4 is 23.4 Å². The Labute approximate surface area is 185 Å². The van der Waals surface area contributed by atoms with Crippen LogP contribution in [0.25, 0.3) is 5.57 Å².